The van der Waals surface area contributed by atoms with Crippen LogP contribution in [0, 0.1) is 0 Å². The van der Waals surface area contributed by atoms with Crippen LogP contribution in [0.25, 0.3) is 44.9 Å². The van der Waals surface area contributed by atoms with E-state index in [9.17, 15) is 0 Å². The predicted octanol–water partition coefficient (Wildman–Crippen LogP) is 6.71. The van der Waals surface area contributed by atoms with Gasteiger partial charge in [-0.1, -0.05) is 61.2 Å². The lowest BCUT2D eigenvalue weighted by Gasteiger charge is -2.32. The maximum atomic E-state index is 6.48. The summed E-state index contributed by atoms with van der Waals surface area (Å²) >= 11 is 0. The summed E-state index contributed by atoms with van der Waals surface area (Å²) in [6.45, 7) is 14.4. The van der Waals surface area contributed by atoms with E-state index in [1.165, 1.54) is 10.8 Å². The molecule has 0 saturated carbocycles. The smallest absolute Gasteiger partial charge is 0.455 e. The van der Waals surface area contributed by atoms with E-state index >= 15 is 0 Å². The highest BCUT2D eigenvalue weighted by Gasteiger charge is 2.51. The number of hydrogen-bond acceptors (Lipinski definition) is 3. The number of fused-ring (bicyclic) bond motifs is 5. The van der Waals surface area contributed by atoms with Crippen molar-refractivity contribution < 1.29 is 13.7 Å². The van der Waals surface area contributed by atoms with Crippen LogP contribution in [-0.2, 0) is 9.31 Å². The van der Waals surface area contributed by atoms with E-state index in [0.717, 1.165) is 38.5 Å². The molecule has 1 saturated heterocycles. The first-order valence-electron chi connectivity index (χ1n) is 10.8. The van der Waals surface area contributed by atoms with Crippen LogP contribution in [0.4, 0.5) is 0 Å². The zero-order valence-electron chi connectivity index (χ0n) is 18.8. The monoisotopic (exact) mass is 410 g/mol. The van der Waals surface area contributed by atoms with Crippen molar-refractivity contribution in [3.63, 3.8) is 0 Å². The number of benzene rings is 3. The molecule has 4 aromatic rings. The van der Waals surface area contributed by atoms with E-state index in [1.807, 2.05) is 19.1 Å². The van der Waals surface area contributed by atoms with Crippen molar-refractivity contribution in [2.24, 2.45) is 0 Å². The fourth-order valence-corrected chi connectivity index (χ4v) is 4.45. The third-order valence-corrected chi connectivity index (χ3v) is 6.80. The van der Waals surface area contributed by atoms with Crippen LogP contribution < -0.4 is 5.46 Å². The van der Waals surface area contributed by atoms with Crippen LogP contribution in [0.3, 0.4) is 0 Å². The summed E-state index contributed by atoms with van der Waals surface area (Å²) in [5.41, 5.74) is 4.06. The number of rotatable bonds is 3. The van der Waals surface area contributed by atoms with Gasteiger partial charge in [-0.2, -0.15) is 0 Å². The largest absolute Gasteiger partial charge is 0.494 e. The molecule has 156 valence electrons. The second kappa shape index (κ2) is 6.84. The molecule has 1 aliphatic heterocycles. The minimum Gasteiger partial charge on any atom is -0.455 e. The average Bonchev–Trinajstić information content (AvgIpc) is 3.22. The van der Waals surface area contributed by atoms with Crippen molar-refractivity contribution in [2.45, 2.75) is 45.8 Å². The Morgan fingerprint density at radius 1 is 0.871 bits per heavy atom. The van der Waals surface area contributed by atoms with Crippen LogP contribution in [0.5, 0.6) is 0 Å². The van der Waals surface area contributed by atoms with Crippen LogP contribution in [0.15, 0.2) is 59.5 Å². The Morgan fingerprint density at radius 3 is 2.19 bits per heavy atom. The van der Waals surface area contributed by atoms with Gasteiger partial charge in [0.05, 0.1) is 11.2 Å². The molecule has 5 rings (SSSR count). The van der Waals surface area contributed by atoms with E-state index in [-0.39, 0.29) is 11.2 Å². The maximum Gasteiger partial charge on any atom is 0.494 e. The fourth-order valence-electron chi connectivity index (χ4n) is 4.45. The molecule has 0 atom stereocenters. The Balaban J connectivity index is 1.78. The molecule has 0 amide bonds. The van der Waals surface area contributed by atoms with Gasteiger partial charge >= 0.3 is 7.12 Å². The summed E-state index contributed by atoms with van der Waals surface area (Å²) in [6.07, 6.45) is 6.06. The molecule has 0 unspecified atom stereocenters. The zero-order chi connectivity index (χ0) is 22.0. The van der Waals surface area contributed by atoms with E-state index in [1.54, 1.807) is 0 Å². The third-order valence-electron chi connectivity index (χ3n) is 6.80. The standard InChI is InChI=1S/C27H27BO3/c1-7-11-21-18(8-2)19-12-9-10-13-20(19)24-22-15-14-17(16-23(22)29-25(21)24)28-30-26(3,4)27(5,6)31-28/h7-16H,2H2,1,3-6H3/b11-7-. The highest BCUT2D eigenvalue weighted by atomic mass is 16.7. The van der Waals surface area contributed by atoms with Crippen LogP contribution in [0.2, 0.25) is 0 Å². The van der Waals surface area contributed by atoms with E-state index < -0.39 is 7.12 Å². The van der Waals surface area contributed by atoms with Crippen molar-refractivity contribution in [2.75, 3.05) is 0 Å². The lowest BCUT2D eigenvalue weighted by atomic mass is 9.79. The summed E-state index contributed by atoms with van der Waals surface area (Å²) in [5.74, 6) is 0. The quantitative estimate of drug-likeness (QED) is 0.352. The van der Waals surface area contributed by atoms with Gasteiger partial charge in [-0.05, 0) is 62.5 Å². The van der Waals surface area contributed by atoms with Gasteiger partial charge in [-0.25, -0.2) is 0 Å². The Bertz CT molecular complexity index is 1360. The van der Waals surface area contributed by atoms with Crippen LogP contribution in [0.1, 0.15) is 45.7 Å². The van der Waals surface area contributed by atoms with Gasteiger partial charge in [0, 0.05) is 16.3 Å². The van der Waals surface area contributed by atoms with Gasteiger partial charge in [0.15, 0.2) is 0 Å². The molecule has 0 spiro atoms. The van der Waals surface area contributed by atoms with Gasteiger partial charge in [-0.15, -0.1) is 0 Å². The molecule has 0 N–H and O–H groups in total. The lowest BCUT2D eigenvalue weighted by Crippen LogP contribution is -2.41. The molecule has 3 aromatic carbocycles. The fraction of sp³-hybridized carbons (Fsp3) is 0.259. The van der Waals surface area contributed by atoms with Crippen molar-refractivity contribution in [3.8, 4) is 0 Å². The Labute approximate surface area is 183 Å². The van der Waals surface area contributed by atoms with Crippen molar-refractivity contribution in [1.29, 1.82) is 0 Å². The molecular weight excluding hydrogens is 383 g/mol. The molecule has 1 aliphatic rings. The Morgan fingerprint density at radius 2 is 1.55 bits per heavy atom. The number of furan rings is 1. The molecule has 31 heavy (non-hydrogen) atoms. The van der Waals surface area contributed by atoms with Gasteiger partial charge in [-0.3, -0.25) is 0 Å². The zero-order valence-corrected chi connectivity index (χ0v) is 18.8. The summed E-state index contributed by atoms with van der Waals surface area (Å²) in [6, 6.07) is 14.7. The summed E-state index contributed by atoms with van der Waals surface area (Å²) in [5, 5.41) is 4.57. The topological polar surface area (TPSA) is 31.6 Å². The number of allylic oxidation sites excluding steroid dienone is 1. The first kappa shape index (κ1) is 20.1. The van der Waals surface area contributed by atoms with Gasteiger partial charge < -0.3 is 13.7 Å². The second-order valence-electron chi connectivity index (χ2n) is 9.23. The average molecular weight is 410 g/mol. The minimum atomic E-state index is -0.418. The van der Waals surface area contributed by atoms with Crippen molar-refractivity contribution in [3.05, 3.63) is 66.2 Å². The first-order valence-corrected chi connectivity index (χ1v) is 10.8. The molecular formula is C27H27BO3. The van der Waals surface area contributed by atoms with Crippen LogP contribution in [-0.4, -0.2) is 18.3 Å². The number of hydrogen-bond donors (Lipinski definition) is 0. The highest BCUT2D eigenvalue weighted by Crippen LogP contribution is 2.41. The molecule has 3 nitrogen and oxygen atoms in total. The molecule has 4 heteroatoms. The van der Waals surface area contributed by atoms with Gasteiger partial charge in [0.25, 0.3) is 0 Å². The van der Waals surface area contributed by atoms with E-state index in [4.69, 9.17) is 13.7 Å². The Hall–Kier alpha value is -2.82. The molecule has 1 aromatic heterocycles. The SMILES string of the molecule is C=Cc1c(/C=C\C)c2oc3cc(B4OC(C)(C)C(C)(C)O4)ccc3c2c2ccccc12. The predicted molar refractivity (Wildman–Crippen MR) is 132 cm³/mol. The first-order chi connectivity index (χ1) is 14.8. The van der Waals surface area contributed by atoms with Crippen LogP contribution >= 0.6 is 0 Å². The van der Waals surface area contributed by atoms with Crippen molar-refractivity contribution in [1.82, 2.24) is 0 Å². The van der Waals surface area contributed by atoms with Gasteiger partial charge in [0.1, 0.15) is 11.2 Å². The normalized spacial score (nSPS) is 18.0. The Kier molecular flexibility index (Phi) is 4.44. The van der Waals surface area contributed by atoms with E-state index in [2.05, 4.69) is 82.8 Å². The maximum absolute atomic E-state index is 6.48. The molecule has 1 fully saturated rings. The molecule has 0 radical (unpaired) electrons. The molecule has 0 bridgehead atoms. The minimum absolute atomic E-state index is 0.380. The highest BCUT2D eigenvalue weighted by molar-refractivity contribution is 6.62. The summed E-state index contributed by atoms with van der Waals surface area (Å²) < 4.78 is 19.0. The summed E-state index contributed by atoms with van der Waals surface area (Å²) in [7, 11) is -0.418. The molecule has 0 aliphatic carbocycles. The second-order valence-corrected chi connectivity index (χ2v) is 9.23. The third kappa shape index (κ3) is 2.89. The summed E-state index contributed by atoms with van der Waals surface area (Å²) in [4.78, 5) is 0. The molecule has 2 heterocycles. The van der Waals surface area contributed by atoms with Gasteiger partial charge in [0.2, 0.25) is 0 Å². The van der Waals surface area contributed by atoms with E-state index in [0.29, 0.717) is 0 Å². The lowest BCUT2D eigenvalue weighted by molar-refractivity contribution is 0.00578. The van der Waals surface area contributed by atoms with Crippen molar-refractivity contribution >= 4 is 57.4 Å².